The molecular formula is C68H103N25O32. The first-order valence-electron chi connectivity index (χ1n) is 37.9. The molecule has 57 heteroatoms. The second-order valence-electron chi connectivity index (χ2n) is 28.2. The fourth-order valence-electron chi connectivity index (χ4n) is 11.5. The number of carboxylic acid groups (broad SMARTS) is 4. The first-order valence-corrected chi connectivity index (χ1v) is 37.9. The average molecular weight is 1780 g/mol. The van der Waals surface area contributed by atoms with Crippen LogP contribution in [0.15, 0.2) is 0 Å². The van der Waals surface area contributed by atoms with Crippen LogP contribution in [0.4, 0.5) is 0 Å². The number of hydrogen-bond donors (Lipinski definition) is 27. The summed E-state index contributed by atoms with van der Waals surface area (Å²) in [4.78, 5) is 358. The zero-order valence-corrected chi connectivity index (χ0v) is 67.7. The van der Waals surface area contributed by atoms with Crippen LogP contribution in [-0.2, 0) is 134 Å². The highest BCUT2D eigenvalue weighted by Crippen LogP contribution is 2.22. The quantitative estimate of drug-likeness (QED) is 0.0269. The van der Waals surface area contributed by atoms with Gasteiger partial charge in [-0.1, -0.05) is 0 Å². The van der Waals surface area contributed by atoms with E-state index < -0.39 is 354 Å². The van der Waals surface area contributed by atoms with E-state index in [-0.39, 0.29) is 38.8 Å². The van der Waals surface area contributed by atoms with Gasteiger partial charge >= 0.3 is 23.9 Å². The van der Waals surface area contributed by atoms with Gasteiger partial charge in [0.2, 0.25) is 142 Å². The third-order valence-electron chi connectivity index (χ3n) is 17.7. The van der Waals surface area contributed by atoms with Crippen LogP contribution < -0.4 is 125 Å². The molecule has 2 aliphatic heterocycles. The Balaban J connectivity index is 2.07. The summed E-state index contributed by atoms with van der Waals surface area (Å²) in [6.45, 7) is -1.68. The summed E-state index contributed by atoms with van der Waals surface area (Å²) in [6.07, 6.45) is -7.99. The van der Waals surface area contributed by atoms with E-state index in [1.165, 1.54) is 6.92 Å². The minimum Gasteiger partial charge on any atom is -0.481 e. The number of aliphatic carboxylic acids is 4. The molecule has 14 atom stereocenters. The number of carbonyl (C=O) groups is 28. The molecule has 24 amide bonds. The number of hydrogen-bond acceptors (Lipinski definition) is 29. The lowest BCUT2D eigenvalue weighted by Crippen LogP contribution is -2.58. The minimum absolute atomic E-state index is 0.0607. The van der Waals surface area contributed by atoms with E-state index >= 15 is 0 Å². The zero-order valence-electron chi connectivity index (χ0n) is 67.7. The molecule has 33 N–H and O–H groups in total. The third kappa shape index (κ3) is 39.9. The molecule has 0 aromatic heterocycles. The molecule has 2 saturated heterocycles. The van der Waals surface area contributed by atoms with Gasteiger partial charge in [-0.15, -0.1) is 0 Å². The maximum atomic E-state index is 14.2. The molecule has 57 nitrogen and oxygen atoms in total. The number of amides is 24. The number of carbonyl (C=O) groups excluding carboxylic acids is 24. The maximum Gasteiger partial charge on any atom is 0.322 e. The molecule has 692 valence electrons. The normalized spacial score (nSPS) is 16.0. The minimum atomic E-state index is -2.03. The lowest BCUT2D eigenvalue weighted by atomic mass is 10.1. The third-order valence-corrected chi connectivity index (χ3v) is 17.7. The van der Waals surface area contributed by atoms with Gasteiger partial charge in [-0.2, -0.15) is 0 Å². The van der Waals surface area contributed by atoms with Crippen molar-refractivity contribution in [1.29, 1.82) is 0 Å². The Labute approximate surface area is 707 Å². The first-order chi connectivity index (χ1) is 58.3. The van der Waals surface area contributed by atoms with Crippen molar-refractivity contribution in [2.45, 2.75) is 202 Å². The summed E-state index contributed by atoms with van der Waals surface area (Å²) in [6, 6.07) is -23.5. The lowest BCUT2D eigenvalue weighted by molar-refractivity contribution is -0.144. The highest BCUT2D eigenvalue weighted by Gasteiger charge is 2.42. The predicted molar refractivity (Wildman–Crippen MR) is 412 cm³/mol. The van der Waals surface area contributed by atoms with Crippen LogP contribution in [0.5, 0.6) is 0 Å². The molecule has 0 saturated carbocycles. The lowest BCUT2D eigenvalue weighted by Gasteiger charge is -2.29. The van der Waals surface area contributed by atoms with E-state index in [2.05, 4.69) is 63.8 Å². The van der Waals surface area contributed by atoms with E-state index in [1.807, 2.05) is 26.6 Å². The number of rotatable bonds is 55. The molecule has 2 fully saturated rings. The molecule has 2 heterocycles. The molecule has 0 unspecified atom stereocenters. The van der Waals surface area contributed by atoms with E-state index in [0.29, 0.717) is 0 Å². The summed E-state index contributed by atoms with van der Waals surface area (Å²) >= 11 is 0. The van der Waals surface area contributed by atoms with Gasteiger partial charge in [-0.3, -0.25) is 134 Å². The Kier molecular flexibility index (Phi) is 44.5. The summed E-state index contributed by atoms with van der Waals surface area (Å²) in [5.74, 6) is -33.8. The van der Waals surface area contributed by atoms with Gasteiger partial charge < -0.3 is 155 Å². The van der Waals surface area contributed by atoms with Crippen LogP contribution in [0, 0.1) is 0 Å². The zero-order chi connectivity index (χ0) is 95.0. The van der Waals surface area contributed by atoms with Crippen LogP contribution in [-0.4, -0.2) is 333 Å². The molecule has 125 heavy (non-hydrogen) atoms. The van der Waals surface area contributed by atoms with Crippen LogP contribution in [0.3, 0.4) is 0 Å². The van der Waals surface area contributed by atoms with E-state index in [9.17, 15) is 150 Å². The standard InChI is InChI=1S/C68H103N25O32/c1-27(69)55(112)88-33(15-43(72)96)59(116)75-21-46(99)81-29(3)57(114)90-36(18-51(104)105)61(118)77-24-49(102)84-35(17-45(74)98)63(120)86-31(9-11-41(70)94)67(124)92-13-5-7-39(92)65(122)79-23-48(101)83-28(2)56(113)89-34(16-44(73)97)60(117)76-22-47(100)82-30(4)58(115)91-37(19-52(106)107)62(119)78-25-50(103)85-38(20-53(108)109)64(121)87-32(10-12-42(71)95)68(125)93-14-6-8-40(93)66(123)80-26-54(110)111/h27-40H,5-26,69H2,1-4H3,(H2,70,94)(H2,71,95)(H2,72,96)(H2,73,97)(H2,74,98)(H,75,116)(H,76,117)(H,77,118)(H,78,119)(H,79,122)(H,80,123)(H,81,99)(H,82,100)(H,83,101)(H,84,102)(H,85,103)(H,86,120)(H,87,121)(H,88,112)(H,89,113)(H,90,114)(H,91,115)(H,104,105)(H,106,107)(H,108,109)(H,110,111)/t27-,28-,29-,30-,31-,32-,33-,34-,35-,36-,37-,38-,39-,40-/m0/s1. The van der Waals surface area contributed by atoms with E-state index in [0.717, 1.165) is 30.6 Å². The number of carboxylic acids is 4. The first kappa shape index (κ1) is 106. The van der Waals surface area contributed by atoms with Gasteiger partial charge in [0.05, 0.1) is 77.3 Å². The van der Waals surface area contributed by atoms with Crippen LogP contribution in [0.25, 0.3) is 0 Å². The van der Waals surface area contributed by atoms with Crippen molar-refractivity contribution >= 4 is 166 Å². The highest BCUT2D eigenvalue weighted by molar-refractivity contribution is 6.03. The van der Waals surface area contributed by atoms with Crippen molar-refractivity contribution in [3.8, 4) is 0 Å². The fraction of sp³-hybridized carbons (Fsp3) is 0.588. The van der Waals surface area contributed by atoms with Crippen molar-refractivity contribution in [1.82, 2.24) is 100 Å². The maximum absolute atomic E-state index is 14.2. The number of nitrogens with zero attached hydrogens (tertiary/aromatic N) is 2. The van der Waals surface area contributed by atoms with Crippen molar-refractivity contribution < 1.29 is 155 Å². The molecule has 2 aliphatic rings. The van der Waals surface area contributed by atoms with Crippen LogP contribution in [0.2, 0.25) is 0 Å². The molecule has 0 aliphatic carbocycles. The molecule has 0 aromatic rings. The summed E-state index contributed by atoms with van der Waals surface area (Å²) in [5, 5.41) is 73.5. The molecule has 0 radical (unpaired) electrons. The number of primary amides is 5. The Morgan fingerprint density at radius 2 is 0.536 bits per heavy atom. The largest absolute Gasteiger partial charge is 0.481 e. The average Bonchev–Trinajstić information content (AvgIpc) is 1.71. The second-order valence-corrected chi connectivity index (χ2v) is 28.2. The van der Waals surface area contributed by atoms with Gasteiger partial charge in [-0.25, -0.2) is 0 Å². The number of nitrogens with two attached hydrogens (primary N) is 6. The topological polar surface area (TPSA) is 926 Å². The van der Waals surface area contributed by atoms with Gasteiger partial charge in [0.15, 0.2) is 0 Å². The number of likely N-dealkylation sites (tertiary alicyclic amines) is 2. The fourth-order valence-corrected chi connectivity index (χ4v) is 11.5. The Bertz CT molecular complexity index is 4140. The molecule has 0 aromatic carbocycles. The van der Waals surface area contributed by atoms with Gasteiger partial charge in [-0.05, 0) is 66.2 Å². The van der Waals surface area contributed by atoms with Crippen molar-refractivity contribution in [2.75, 3.05) is 52.4 Å². The van der Waals surface area contributed by atoms with Crippen molar-refractivity contribution in [3.05, 3.63) is 0 Å². The second kappa shape index (κ2) is 52.3. The molecule has 0 bridgehead atoms. The summed E-state index contributed by atoms with van der Waals surface area (Å²) in [5.41, 5.74) is 31.8. The summed E-state index contributed by atoms with van der Waals surface area (Å²) < 4.78 is 0. The molecular weight excluding hydrogens is 1680 g/mol. The van der Waals surface area contributed by atoms with Crippen molar-refractivity contribution in [2.24, 2.45) is 34.4 Å². The summed E-state index contributed by atoms with van der Waals surface area (Å²) in [7, 11) is 0. The Morgan fingerprint density at radius 3 is 0.808 bits per heavy atom. The van der Waals surface area contributed by atoms with Gasteiger partial charge in [0.1, 0.15) is 85.1 Å². The number of nitrogens with one attached hydrogen (secondary N) is 17. The predicted octanol–water partition coefficient (Wildman–Crippen LogP) is -17.9. The Morgan fingerprint density at radius 1 is 0.288 bits per heavy atom. The smallest absolute Gasteiger partial charge is 0.322 e. The van der Waals surface area contributed by atoms with E-state index in [1.54, 1.807) is 0 Å². The van der Waals surface area contributed by atoms with E-state index in [4.69, 9.17) is 39.5 Å². The molecule has 2 rings (SSSR count). The van der Waals surface area contributed by atoms with Gasteiger partial charge in [0.25, 0.3) is 0 Å². The Hall–Kier alpha value is -14.9. The van der Waals surface area contributed by atoms with Crippen LogP contribution >= 0.6 is 0 Å². The highest BCUT2D eigenvalue weighted by atomic mass is 16.4. The monoisotopic (exact) mass is 1780 g/mol. The SMILES string of the molecule is C[C@H](N)C(=O)N[C@@H](CC(N)=O)C(=O)NCC(=O)N[C@@H](C)C(=O)N[C@@H](CC(=O)O)C(=O)NCC(=O)N[C@@H](CC(N)=O)C(=O)N[C@@H](CCC(N)=O)C(=O)N1CCC[C@H]1C(=O)NCC(=O)N[C@@H](C)C(=O)N[C@@H](CC(N)=O)C(=O)NCC(=O)N[C@@H](C)C(=O)N[C@@H](CC(=O)O)C(=O)NCC(=O)N[C@@H](CC(=O)O)C(=O)N[C@@H](CCC(N)=O)C(=O)N1CCC[C@H]1C(=O)NCC(=O)O. The van der Waals surface area contributed by atoms with Crippen LogP contribution in [0.1, 0.15) is 118 Å². The van der Waals surface area contributed by atoms with Gasteiger partial charge in [0, 0.05) is 25.9 Å². The molecule has 0 spiro atoms. The van der Waals surface area contributed by atoms with Crippen molar-refractivity contribution in [3.63, 3.8) is 0 Å².